The maximum absolute atomic E-state index is 12.4. The van der Waals surface area contributed by atoms with Gasteiger partial charge in [0, 0.05) is 11.8 Å². The van der Waals surface area contributed by atoms with Crippen LogP contribution in [0, 0.1) is 0 Å². The number of rotatable bonds is 7. The zero-order chi connectivity index (χ0) is 38.5. The highest BCUT2D eigenvalue weighted by molar-refractivity contribution is 6.03. The molecule has 0 spiro atoms. The molecule has 0 aliphatic rings. The number of aliphatic hydroxyl groups excluding tert-OH is 1. The van der Waals surface area contributed by atoms with Gasteiger partial charge in [-0.05, 0) is 61.5 Å². The van der Waals surface area contributed by atoms with Gasteiger partial charge in [-0.1, -0.05) is 30.3 Å². The van der Waals surface area contributed by atoms with E-state index < -0.39 is 29.0 Å². The van der Waals surface area contributed by atoms with Gasteiger partial charge in [0.25, 0.3) is 5.91 Å². The van der Waals surface area contributed by atoms with Crippen LogP contribution in [-0.4, -0.2) is 64.2 Å². The minimum Gasteiger partial charge on any atom is -0.510 e. The van der Waals surface area contributed by atoms with Gasteiger partial charge in [-0.3, -0.25) is 14.4 Å². The van der Waals surface area contributed by atoms with Crippen LogP contribution in [-0.2, 0) is 14.3 Å². The average molecular weight is 724 g/mol. The number of esters is 2. The summed E-state index contributed by atoms with van der Waals surface area (Å²) in [6.45, 7) is 1.27. The number of ether oxygens (including phenoxy) is 3. The minimum absolute atomic E-state index is 0.0160. The maximum Gasteiger partial charge on any atom is 0.340 e. The number of amides is 1. The summed E-state index contributed by atoms with van der Waals surface area (Å²) in [5.74, 6) is -1.82. The molecule has 0 aliphatic heterocycles. The minimum atomic E-state index is -0.713. The Morgan fingerprint density at radius 1 is 0.679 bits per heavy atom. The average Bonchev–Trinajstić information content (AvgIpc) is 3.55. The summed E-state index contributed by atoms with van der Waals surface area (Å²) in [5.41, 5.74) is 1.60. The van der Waals surface area contributed by atoms with Gasteiger partial charge in [-0.2, -0.15) is 0 Å². The second kappa shape index (κ2) is 17.9. The van der Waals surface area contributed by atoms with E-state index >= 15 is 0 Å². The lowest BCUT2D eigenvalue weighted by molar-refractivity contribution is -0.113. The molecule has 4 aromatic carbocycles. The molecule has 0 atom stereocenters. The molecule has 0 saturated heterocycles. The Bertz CT molecular complexity index is 2460. The van der Waals surface area contributed by atoms with Gasteiger partial charge in [-0.25, -0.2) is 14.4 Å². The SMILES string of the molecule is COC(=O)c1ccc(C(=O)OC)c(N=NC(C(=O)Nc2ccccc2)=C(C)O)c1.COc1ccc2[nH]c(=O)c(=O)[nH]c2c1.O=c1[nH]c2ccccc2[nH]1. The van der Waals surface area contributed by atoms with E-state index in [0.29, 0.717) is 22.5 Å². The van der Waals surface area contributed by atoms with Gasteiger partial charge in [0.15, 0.2) is 5.70 Å². The van der Waals surface area contributed by atoms with Crippen molar-refractivity contribution in [2.24, 2.45) is 10.2 Å². The summed E-state index contributed by atoms with van der Waals surface area (Å²) in [4.78, 5) is 79.0. The molecule has 0 fully saturated rings. The standard InChI is InChI=1S/C20H19N3O6.C9H8N2O3.C7H6N2O/c1-12(24)17(18(25)21-14-7-5-4-6-8-14)23-22-16-11-13(19(26)28-2)9-10-15(16)20(27)29-3;1-14-5-2-3-6-7(4-5)11-9(13)8(12)10-6;10-7-8-5-3-1-2-4-6(5)9-7/h4-11,24H,1-3H3,(H,21,25);2-4H,1H3,(H,10,12)(H,11,13);1-4H,(H2,8,9,10). The number of nitrogens with zero attached hydrogens (tertiary/aromatic N) is 2. The van der Waals surface area contributed by atoms with Crippen molar-refractivity contribution >= 4 is 51.3 Å². The summed E-state index contributed by atoms with van der Waals surface area (Å²) in [5, 5.41) is 20.1. The highest BCUT2D eigenvalue weighted by Crippen LogP contribution is 2.25. The van der Waals surface area contributed by atoms with E-state index in [1.807, 2.05) is 24.3 Å². The lowest BCUT2D eigenvalue weighted by Crippen LogP contribution is -2.28. The van der Waals surface area contributed by atoms with Crippen molar-refractivity contribution in [2.75, 3.05) is 26.6 Å². The highest BCUT2D eigenvalue weighted by atomic mass is 16.5. The molecule has 0 unspecified atom stereocenters. The summed E-state index contributed by atoms with van der Waals surface area (Å²) in [7, 11) is 3.93. The van der Waals surface area contributed by atoms with Crippen LogP contribution >= 0.6 is 0 Å². The Hall–Kier alpha value is -7.56. The molecule has 0 saturated carbocycles. The Labute approximate surface area is 299 Å². The number of methoxy groups -OCH3 is 3. The first-order chi connectivity index (χ1) is 25.4. The monoisotopic (exact) mass is 723 g/mol. The number of carbonyl (C=O) groups is 3. The fourth-order valence-corrected chi connectivity index (χ4v) is 4.44. The molecule has 6 N–H and O–H groups in total. The molecule has 1 amide bonds. The number of H-pyrrole nitrogens is 4. The third kappa shape index (κ3) is 10.2. The number of hydrogen-bond acceptors (Lipinski definition) is 12. The number of nitrogens with one attached hydrogen (secondary N) is 5. The maximum atomic E-state index is 12.4. The summed E-state index contributed by atoms with van der Waals surface area (Å²) >= 11 is 0. The number of fused-ring (bicyclic) bond motifs is 2. The normalized spacial score (nSPS) is 11.0. The molecular formula is C36H33N7O10. The number of hydrogen-bond donors (Lipinski definition) is 6. The number of allylic oxidation sites excluding steroid dienone is 1. The van der Waals surface area contributed by atoms with Crippen molar-refractivity contribution in [3.63, 3.8) is 0 Å². The largest absolute Gasteiger partial charge is 0.510 e. The third-order valence-electron chi connectivity index (χ3n) is 7.02. The fourth-order valence-electron chi connectivity index (χ4n) is 4.44. The molecule has 0 bridgehead atoms. The molecule has 2 aromatic heterocycles. The first-order valence-electron chi connectivity index (χ1n) is 15.4. The fraction of sp³-hybridized carbons (Fsp3) is 0.111. The molecule has 6 rings (SSSR count). The summed E-state index contributed by atoms with van der Waals surface area (Å²) in [6.07, 6.45) is 0. The molecule has 0 aliphatic carbocycles. The number of anilines is 1. The van der Waals surface area contributed by atoms with E-state index in [1.165, 1.54) is 46.5 Å². The quantitative estimate of drug-likeness (QED) is 0.0429. The van der Waals surface area contributed by atoms with Crippen LogP contribution in [0.4, 0.5) is 11.4 Å². The zero-order valence-electron chi connectivity index (χ0n) is 28.7. The Kier molecular flexibility index (Phi) is 12.9. The molecule has 272 valence electrons. The molecule has 17 nitrogen and oxygen atoms in total. The predicted molar refractivity (Wildman–Crippen MR) is 195 cm³/mol. The van der Waals surface area contributed by atoms with Gasteiger partial charge in [0.05, 0.1) is 54.5 Å². The first-order valence-corrected chi connectivity index (χ1v) is 15.4. The highest BCUT2D eigenvalue weighted by Gasteiger charge is 2.18. The van der Waals surface area contributed by atoms with E-state index in [2.05, 4.69) is 45.0 Å². The predicted octanol–water partition coefficient (Wildman–Crippen LogP) is 4.85. The third-order valence-corrected chi connectivity index (χ3v) is 7.02. The van der Waals surface area contributed by atoms with E-state index in [0.717, 1.165) is 11.0 Å². The molecule has 0 radical (unpaired) electrons. The van der Waals surface area contributed by atoms with Gasteiger partial charge >= 0.3 is 28.7 Å². The Morgan fingerprint density at radius 3 is 1.85 bits per heavy atom. The van der Waals surface area contributed by atoms with E-state index in [9.17, 15) is 33.9 Å². The summed E-state index contributed by atoms with van der Waals surface area (Å²) < 4.78 is 14.3. The molecular weight excluding hydrogens is 690 g/mol. The van der Waals surface area contributed by atoms with Crippen LogP contribution in [0.2, 0.25) is 0 Å². The van der Waals surface area contributed by atoms with Gasteiger partial charge in [-0.15, -0.1) is 10.2 Å². The van der Waals surface area contributed by atoms with Gasteiger partial charge in [0.2, 0.25) is 0 Å². The lowest BCUT2D eigenvalue weighted by atomic mass is 10.1. The number of benzene rings is 4. The summed E-state index contributed by atoms with van der Waals surface area (Å²) in [6, 6.07) is 25.0. The number of para-hydroxylation sites is 3. The van der Waals surface area contributed by atoms with E-state index in [4.69, 9.17) is 4.74 Å². The van der Waals surface area contributed by atoms with Crippen molar-refractivity contribution in [2.45, 2.75) is 6.92 Å². The van der Waals surface area contributed by atoms with Crippen molar-refractivity contribution in [1.82, 2.24) is 19.9 Å². The smallest absolute Gasteiger partial charge is 0.340 e. The van der Waals surface area contributed by atoms with Crippen molar-refractivity contribution in [3.8, 4) is 5.75 Å². The number of aromatic amines is 4. The molecule has 53 heavy (non-hydrogen) atoms. The second-order valence-corrected chi connectivity index (χ2v) is 10.6. The van der Waals surface area contributed by atoms with Crippen molar-refractivity contribution in [1.29, 1.82) is 0 Å². The zero-order valence-corrected chi connectivity index (χ0v) is 28.7. The number of azo groups is 1. The lowest BCUT2D eigenvalue weighted by Gasteiger charge is -2.07. The Balaban J connectivity index is 0.000000212. The van der Waals surface area contributed by atoms with Crippen molar-refractivity contribution < 1.29 is 33.7 Å². The molecule has 2 heterocycles. The molecule has 17 heteroatoms. The van der Waals surface area contributed by atoms with Crippen molar-refractivity contribution in [3.05, 3.63) is 145 Å². The van der Waals surface area contributed by atoms with Gasteiger partial charge < -0.3 is 44.6 Å². The van der Waals surface area contributed by atoms with E-state index in [1.54, 1.807) is 48.5 Å². The Morgan fingerprint density at radius 2 is 1.26 bits per heavy atom. The number of aromatic nitrogens is 4. The van der Waals surface area contributed by atoms with Crippen LogP contribution in [0.5, 0.6) is 5.75 Å². The topological polar surface area (TPSA) is 250 Å². The first kappa shape index (κ1) is 38.2. The number of carbonyl (C=O) groups excluding carboxylic acids is 3. The van der Waals surface area contributed by atoms with Gasteiger partial charge in [0.1, 0.15) is 17.2 Å². The second-order valence-electron chi connectivity index (χ2n) is 10.6. The number of aliphatic hydroxyl groups is 1. The van der Waals surface area contributed by atoms with Crippen LogP contribution in [0.3, 0.4) is 0 Å². The van der Waals surface area contributed by atoms with Crippen LogP contribution in [0.25, 0.3) is 22.1 Å². The molecule has 6 aromatic rings. The van der Waals surface area contributed by atoms with E-state index in [-0.39, 0.29) is 34.0 Å². The number of imidazole rings is 1. The van der Waals surface area contributed by atoms with Crippen LogP contribution in [0.15, 0.2) is 127 Å². The van der Waals surface area contributed by atoms with Crippen LogP contribution < -0.4 is 26.9 Å². The van der Waals surface area contributed by atoms with Crippen LogP contribution in [0.1, 0.15) is 27.6 Å².